The van der Waals surface area contributed by atoms with Crippen molar-refractivity contribution in [3.8, 4) is 0 Å². The van der Waals surface area contributed by atoms with Crippen LogP contribution in [0.1, 0.15) is 11.1 Å². The Labute approximate surface area is 83.8 Å². The summed E-state index contributed by atoms with van der Waals surface area (Å²) in [5.74, 6) is 0.537. The summed E-state index contributed by atoms with van der Waals surface area (Å²) in [5, 5.41) is 0. The summed E-state index contributed by atoms with van der Waals surface area (Å²) in [4.78, 5) is 0. The van der Waals surface area contributed by atoms with Crippen molar-refractivity contribution < 1.29 is 9.47 Å². The van der Waals surface area contributed by atoms with Gasteiger partial charge >= 0.3 is 0 Å². The minimum absolute atomic E-state index is 0.0439. The Morgan fingerprint density at radius 3 is 2.07 bits per heavy atom. The Balaban J connectivity index is 1.77. The van der Waals surface area contributed by atoms with Gasteiger partial charge in [-0.15, -0.1) is 0 Å². The van der Waals surface area contributed by atoms with Gasteiger partial charge < -0.3 is 9.47 Å². The highest BCUT2D eigenvalue weighted by Gasteiger charge is 2.31. The lowest BCUT2D eigenvalue weighted by molar-refractivity contribution is -0.0804. The molecule has 0 aromatic heterocycles. The molecule has 2 nitrogen and oxygen atoms in total. The van der Waals surface area contributed by atoms with Gasteiger partial charge in [0, 0.05) is 5.92 Å². The third kappa shape index (κ3) is 1.35. The minimum Gasteiger partial charge on any atom is -0.350 e. The summed E-state index contributed by atoms with van der Waals surface area (Å²) in [6.45, 7) is 1.52. The Bertz CT molecular complexity index is 304. The average Bonchev–Trinajstić information content (AvgIpc) is 2.86. The molecule has 14 heavy (non-hydrogen) atoms. The van der Waals surface area contributed by atoms with E-state index in [9.17, 15) is 0 Å². The van der Waals surface area contributed by atoms with Crippen LogP contribution in [0.4, 0.5) is 0 Å². The van der Waals surface area contributed by atoms with Gasteiger partial charge in [0.2, 0.25) is 0 Å². The van der Waals surface area contributed by atoms with Crippen LogP contribution in [-0.4, -0.2) is 19.5 Å². The number of hydrogen-bond acceptors (Lipinski definition) is 2. The fraction of sp³-hybridized carbons (Fsp3) is 0.500. The molecule has 0 unspecified atom stereocenters. The predicted molar refractivity (Wildman–Crippen MR) is 53.0 cm³/mol. The fourth-order valence-corrected chi connectivity index (χ4v) is 2.43. The molecule has 1 saturated heterocycles. The largest absolute Gasteiger partial charge is 0.350 e. The number of benzene rings is 1. The van der Waals surface area contributed by atoms with Gasteiger partial charge in [-0.25, -0.2) is 0 Å². The summed E-state index contributed by atoms with van der Waals surface area (Å²) >= 11 is 0. The summed E-state index contributed by atoms with van der Waals surface area (Å²) in [5.41, 5.74) is 2.94. The molecule has 0 N–H and O–H groups in total. The van der Waals surface area contributed by atoms with Gasteiger partial charge in [-0.3, -0.25) is 0 Å². The number of ether oxygens (including phenoxy) is 2. The molecule has 1 aliphatic heterocycles. The highest BCUT2D eigenvalue weighted by atomic mass is 16.7. The first kappa shape index (κ1) is 8.45. The van der Waals surface area contributed by atoms with Gasteiger partial charge in [0.05, 0.1) is 13.2 Å². The SMILES string of the molecule is c1ccc2c(c1)CC(C1OCCO1)C2. The van der Waals surface area contributed by atoms with Crippen molar-refractivity contribution in [2.75, 3.05) is 13.2 Å². The quantitative estimate of drug-likeness (QED) is 0.672. The van der Waals surface area contributed by atoms with E-state index in [1.165, 1.54) is 11.1 Å². The second-order valence-electron chi connectivity index (χ2n) is 4.05. The van der Waals surface area contributed by atoms with Crippen molar-refractivity contribution in [1.82, 2.24) is 0 Å². The lowest BCUT2D eigenvalue weighted by Gasteiger charge is -2.15. The second-order valence-corrected chi connectivity index (χ2v) is 4.05. The monoisotopic (exact) mass is 190 g/mol. The van der Waals surface area contributed by atoms with Crippen LogP contribution in [0.5, 0.6) is 0 Å². The van der Waals surface area contributed by atoms with E-state index in [1.54, 1.807) is 0 Å². The van der Waals surface area contributed by atoms with E-state index in [0.29, 0.717) is 5.92 Å². The maximum atomic E-state index is 5.55. The van der Waals surface area contributed by atoms with Crippen molar-refractivity contribution in [2.45, 2.75) is 19.1 Å². The van der Waals surface area contributed by atoms with Crippen LogP contribution in [0.2, 0.25) is 0 Å². The zero-order valence-corrected chi connectivity index (χ0v) is 8.11. The third-order valence-corrected chi connectivity index (χ3v) is 3.12. The third-order valence-electron chi connectivity index (χ3n) is 3.12. The molecular weight excluding hydrogens is 176 g/mol. The molecule has 1 aromatic rings. The number of fused-ring (bicyclic) bond motifs is 1. The van der Waals surface area contributed by atoms with Gasteiger partial charge in [0.25, 0.3) is 0 Å². The Kier molecular flexibility index (Phi) is 2.03. The van der Waals surface area contributed by atoms with Crippen LogP contribution in [-0.2, 0) is 22.3 Å². The van der Waals surface area contributed by atoms with Crippen LogP contribution in [0, 0.1) is 5.92 Å². The first-order valence-electron chi connectivity index (χ1n) is 5.23. The average molecular weight is 190 g/mol. The summed E-state index contributed by atoms with van der Waals surface area (Å²) < 4.78 is 11.1. The van der Waals surface area contributed by atoms with Crippen LogP contribution in [0.3, 0.4) is 0 Å². The fourth-order valence-electron chi connectivity index (χ4n) is 2.43. The molecule has 0 atom stereocenters. The topological polar surface area (TPSA) is 18.5 Å². The molecule has 1 aliphatic carbocycles. The van der Waals surface area contributed by atoms with E-state index < -0.39 is 0 Å². The van der Waals surface area contributed by atoms with Crippen LogP contribution >= 0.6 is 0 Å². The van der Waals surface area contributed by atoms with Gasteiger partial charge in [-0.2, -0.15) is 0 Å². The number of rotatable bonds is 1. The molecule has 1 aromatic carbocycles. The Morgan fingerprint density at radius 1 is 0.929 bits per heavy atom. The van der Waals surface area contributed by atoms with E-state index in [-0.39, 0.29) is 6.29 Å². The molecule has 2 heteroatoms. The predicted octanol–water partition coefficient (Wildman–Crippen LogP) is 1.77. The molecule has 0 amide bonds. The van der Waals surface area contributed by atoms with Crippen molar-refractivity contribution in [2.24, 2.45) is 5.92 Å². The van der Waals surface area contributed by atoms with Crippen LogP contribution in [0.15, 0.2) is 24.3 Å². The molecule has 0 bridgehead atoms. The first-order chi connectivity index (χ1) is 6.93. The van der Waals surface area contributed by atoms with Crippen LogP contribution < -0.4 is 0 Å². The molecule has 1 heterocycles. The summed E-state index contributed by atoms with van der Waals surface area (Å²) in [7, 11) is 0. The molecule has 0 saturated carbocycles. The van der Waals surface area contributed by atoms with Gasteiger partial charge in [-0.1, -0.05) is 24.3 Å². The maximum absolute atomic E-state index is 5.55. The van der Waals surface area contributed by atoms with E-state index in [4.69, 9.17) is 9.47 Å². The molecule has 0 spiro atoms. The summed E-state index contributed by atoms with van der Waals surface area (Å²) in [6, 6.07) is 8.64. The van der Waals surface area contributed by atoms with Gasteiger partial charge in [-0.05, 0) is 24.0 Å². The molecular formula is C12H14O2. The Morgan fingerprint density at radius 2 is 1.50 bits per heavy atom. The molecule has 1 fully saturated rings. The first-order valence-corrected chi connectivity index (χ1v) is 5.23. The van der Waals surface area contributed by atoms with E-state index in [1.807, 2.05) is 0 Å². The van der Waals surface area contributed by atoms with E-state index in [2.05, 4.69) is 24.3 Å². The standard InChI is InChI=1S/C12H14O2/c1-2-4-10-8-11(7-9(10)3-1)12-13-5-6-14-12/h1-4,11-12H,5-8H2. The zero-order chi connectivity index (χ0) is 9.38. The van der Waals surface area contributed by atoms with Gasteiger partial charge in [0.1, 0.15) is 0 Å². The van der Waals surface area contributed by atoms with E-state index >= 15 is 0 Å². The maximum Gasteiger partial charge on any atom is 0.161 e. The van der Waals surface area contributed by atoms with Crippen molar-refractivity contribution in [3.63, 3.8) is 0 Å². The molecule has 3 rings (SSSR count). The smallest absolute Gasteiger partial charge is 0.161 e. The number of hydrogen-bond donors (Lipinski definition) is 0. The highest BCUT2D eigenvalue weighted by Crippen LogP contribution is 2.31. The summed E-state index contributed by atoms with van der Waals surface area (Å²) in [6.07, 6.45) is 2.27. The molecule has 2 aliphatic rings. The molecule has 0 radical (unpaired) electrons. The lowest BCUT2D eigenvalue weighted by atomic mass is 10.1. The normalized spacial score (nSPS) is 22.9. The zero-order valence-electron chi connectivity index (χ0n) is 8.11. The van der Waals surface area contributed by atoms with Crippen molar-refractivity contribution in [3.05, 3.63) is 35.4 Å². The van der Waals surface area contributed by atoms with Crippen LogP contribution in [0.25, 0.3) is 0 Å². The van der Waals surface area contributed by atoms with Crippen molar-refractivity contribution in [1.29, 1.82) is 0 Å². The van der Waals surface area contributed by atoms with Crippen molar-refractivity contribution >= 4 is 0 Å². The minimum atomic E-state index is 0.0439. The van der Waals surface area contributed by atoms with E-state index in [0.717, 1.165) is 26.1 Å². The lowest BCUT2D eigenvalue weighted by Crippen LogP contribution is -2.21. The Hall–Kier alpha value is -0.860. The van der Waals surface area contributed by atoms with Gasteiger partial charge in [0.15, 0.2) is 6.29 Å². The second kappa shape index (κ2) is 3.37. The highest BCUT2D eigenvalue weighted by molar-refractivity contribution is 5.32. The molecule has 74 valence electrons.